The number of aliphatic hydroxyl groups is 2. The van der Waals surface area contributed by atoms with Gasteiger partial charge in [-0.25, -0.2) is 0 Å². The summed E-state index contributed by atoms with van der Waals surface area (Å²) < 4.78 is 11.3. The summed E-state index contributed by atoms with van der Waals surface area (Å²) in [5.41, 5.74) is 0. The molecule has 0 spiro atoms. The molecule has 0 saturated carbocycles. The van der Waals surface area contributed by atoms with Crippen LogP contribution in [0, 0.1) is 0 Å². The normalized spacial score (nSPS) is 27.0. The molecule has 0 amide bonds. The minimum absolute atomic E-state index is 0.0675. The highest BCUT2D eigenvalue weighted by Gasteiger charge is 2.29. The lowest BCUT2D eigenvalue weighted by Gasteiger charge is -2.34. The Morgan fingerprint density at radius 1 is 0.955 bits per heavy atom. The summed E-state index contributed by atoms with van der Waals surface area (Å²) in [5.74, 6) is 0. The van der Waals surface area contributed by atoms with Gasteiger partial charge in [-0.2, -0.15) is 0 Å². The Kier molecular flexibility index (Phi) is 11.1. The van der Waals surface area contributed by atoms with Crippen molar-refractivity contribution in [2.24, 2.45) is 0 Å². The van der Waals surface area contributed by atoms with Crippen molar-refractivity contribution >= 4 is 0 Å². The summed E-state index contributed by atoms with van der Waals surface area (Å²) in [6.45, 7) is 4.38. The van der Waals surface area contributed by atoms with Crippen molar-refractivity contribution in [2.45, 2.75) is 116 Å². The van der Waals surface area contributed by atoms with Gasteiger partial charge in [0, 0.05) is 12.8 Å². The molecule has 1 aliphatic rings. The molecule has 4 heteroatoms. The quantitative estimate of drug-likeness (QED) is 0.532. The van der Waals surface area contributed by atoms with Gasteiger partial charge in [-0.05, 0) is 12.8 Å². The van der Waals surface area contributed by atoms with E-state index in [0.717, 1.165) is 25.7 Å². The minimum atomic E-state index is -0.748. The summed E-state index contributed by atoms with van der Waals surface area (Å²) in [5, 5.41) is 19.9. The Morgan fingerprint density at radius 3 is 2.32 bits per heavy atom. The molecule has 0 aromatic heterocycles. The molecule has 4 nitrogen and oxygen atoms in total. The van der Waals surface area contributed by atoms with Gasteiger partial charge in [0.1, 0.15) is 0 Å². The highest BCUT2D eigenvalue weighted by Crippen LogP contribution is 2.25. The van der Waals surface area contributed by atoms with Gasteiger partial charge in [-0.15, -0.1) is 0 Å². The number of ether oxygens (including phenoxy) is 2. The van der Waals surface area contributed by atoms with E-state index in [4.69, 9.17) is 9.47 Å². The van der Waals surface area contributed by atoms with Crippen molar-refractivity contribution in [3.8, 4) is 0 Å². The average Bonchev–Trinajstić information content (AvgIpc) is 2.48. The summed E-state index contributed by atoms with van der Waals surface area (Å²) in [6.07, 6.45) is 10.7. The molecule has 0 bridgehead atoms. The summed E-state index contributed by atoms with van der Waals surface area (Å²) in [7, 11) is 0. The first-order valence-electron chi connectivity index (χ1n) is 9.32. The molecule has 2 N–H and O–H groups in total. The van der Waals surface area contributed by atoms with Crippen molar-refractivity contribution in [2.75, 3.05) is 0 Å². The second-order valence-corrected chi connectivity index (χ2v) is 6.60. The number of aliphatic hydroxyl groups excluding tert-OH is 2. The molecule has 0 aliphatic carbocycles. The van der Waals surface area contributed by atoms with Gasteiger partial charge in [-0.3, -0.25) is 0 Å². The maximum Gasteiger partial charge on any atom is 0.163 e. The van der Waals surface area contributed by atoms with Crippen LogP contribution < -0.4 is 0 Å². The summed E-state index contributed by atoms with van der Waals surface area (Å²) in [6, 6.07) is 0. The van der Waals surface area contributed by atoms with Crippen LogP contribution in [0.5, 0.6) is 0 Å². The molecule has 132 valence electrons. The van der Waals surface area contributed by atoms with Crippen molar-refractivity contribution < 1.29 is 19.7 Å². The topological polar surface area (TPSA) is 58.9 Å². The van der Waals surface area contributed by atoms with Crippen LogP contribution in [-0.2, 0) is 9.47 Å². The molecule has 22 heavy (non-hydrogen) atoms. The van der Waals surface area contributed by atoms with Crippen LogP contribution in [0.3, 0.4) is 0 Å². The van der Waals surface area contributed by atoms with Gasteiger partial charge < -0.3 is 19.7 Å². The highest BCUT2D eigenvalue weighted by molar-refractivity contribution is 4.69. The summed E-state index contributed by atoms with van der Waals surface area (Å²) >= 11 is 0. The Hall–Kier alpha value is -0.160. The zero-order chi connectivity index (χ0) is 16.2. The van der Waals surface area contributed by atoms with Gasteiger partial charge in [0.2, 0.25) is 0 Å². The number of hydrogen-bond donors (Lipinski definition) is 2. The van der Waals surface area contributed by atoms with E-state index in [-0.39, 0.29) is 6.10 Å². The zero-order valence-electron chi connectivity index (χ0n) is 14.5. The van der Waals surface area contributed by atoms with Crippen molar-refractivity contribution in [3.05, 3.63) is 0 Å². The third-order valence-corrected chi connectivity index (χ3v) is 4.35. The van der Waals surface area contributed by atoms with Gasteiger partial charge in [0.15, 0.2) is 12.6 Å². The molecule has 1 fully saturated rings. The molecule has 1 aliphatic heterocycles. The first-order chi connectivity index (χ1) is 10.7. The fourth-order valence-electron chi connectivity index (χ4n) is 3.00. The summed E-state index contributed by atoms with van der Waals surface area (Å²) in [4.78, 5) is 0. The number of unbranched alkanes of at least 4 members (excludes halogenated alkanes) is 6. The average molecular weight is 316 g/mol. The SMILES string of the molecule is CCCCCC[C@@H](O)C[C@@H]1O[C@H](CCCCCC)C[C@@H](O)O1. The van der Waals surface area contributed by atoms with E-state index in [1.165, 1.54) is 38.5 Å². The van der Waals surface area contributed by atoms with Crippen LogP contribution in [0.2, 0.25) is 0 Å². The van der Waals surface area contributed by atoms with Crippen LogP contribution >= 0.6 is 0 Å². The largest absolute Gasteiger partial charge is 0.393 e. The van der Waals surface area contributed by atoms with Gasteiger partial charge in [0.25, 0.3) is 0 Å². The van der Waals surface area contributed by atoms with Crippen molar-refractivity contribution in [1.82, 2.24) is 0 Å². The van der Waals surface area contributed by atoms with E-state index in [0.29, 0.717) is 12.8 Å². The van der Waals surface area contributed by atoms with E-state index >= 15 is 0 Å². The first-order valence-corrected chi connectivity index (χ1v) is 9.32. The third kappa shape index (κ3) is 9.09. The minimum Gasteiger partial charge on any atom is -0.393 e. The Morgan fingerprint density at radius 2 is 1.64 bits per heavy atom. The van der Waals surface area contributed by atoms with E-state index in [9.17, 15) is 10.2 Å². The zero-order valence-corrected chi connectivity index (χ0v) is 14.5. The Balaban J connectivity index is 2.21. The Bertz CT molecular complexity index is 257. The second kappa shape index (κ2) is 12.3. The smallest absolute Gasteiger partial charge is 0.163 e. The van der Waals surface area contributed by atoms with Crippen LogP contribution in [0.25, 0.3) is 0 Å². The number of rotatable bonds is 12. The maximum absolute atomic E-state index is 10.1. The molecule has 1 rings (SSSR count). The fourth-order valence-corrected chi connectivity index (χ4v) is 3.00. The predicted molar refractivity (Wildman–Crippen MR) is 88.5 cm³/mol. The second-order valence-electron chi connectivity index (χ2n) is 6.60. The molecular weight excluding hydrogens is 280 g/mol. The van der Waals surface area contributed by atoms with Crippen LogP contribution in [0.4, 0.5) is 0 Å². The predicted octanol–water partition coefficient (Wildman–Crippen LogP) is 4.13. The van der Waals surface area contributed by atoms with Crippen molar-refractivity contribution in [1.29, 1.82) is 0 Å². The van der Waals surface area contributed by atoms with E-state index < -0.39 is 18.7 Å². The van der Waals surface area contributed by atoms with E-state index in [2.05, 4.69) is 13.8 Å². The van der Waals surface area contributed by atoms with E-state index in [1.54, 1.807) is 0 Å². The monoisotopic (exact) mass is 316 g/mol. The fraction of sp³-hybridized carbons (Fsp3) is 1.00. The molecule has 0 aromatic carbocycles. The van der Waals surface area contributed by atoms with Gasteiger partial charge >= 0.3 is 0 Å². The molecule has 0 unspecified atom stereocenters. The van der Waals surface area contributed by atoms with Gasteiger partial charge in [-0.1, -0.05) is 65.2 Å². The van der Waals surface area contributed by atoms with Gasteiger partial charge in [0.05, 0.1) is 12.2 Å². The molecule has 0 aromatic rings. The molecule has 4 atom stereocenters. The van der Waals surface area contributed by atoms with Crippen molar-refractivity contribution in [3.63, 3.8) is 0 Å². The van der Waals surface area contributed by atoms with E-state index in [1.807, 2.05) is 0 Å². The molecule has 1 saturated heterocycles. The third-order valence-electron chi connectivity index (χ3n) is 4.35. The molecule has 0 radical (unpaired) electrons. The molecular formula is C18H36O4. The lowest BCUT2D eigenvalue weighted by molar-refractivity contribution is -0.300. The Labute approximate surface area is 136 Å². The standard InChI is InChI=1S/C18H36O4/c1-3-5-7-9-11-15(19)13-18-21-16(14-17(20)22-18)12-10-8-6-4-2/h15-20H,3-14H2,1-2H3/t15-,16-,17+,18-/m1/s1. The molecule has 1 heterocycles. The van der Waals surface area contributed by atoms with Crippen LogP contribution in [0.15, 0.2) is 0 Å². The lowest BCUT2D eigenvalue weighted by atomic mass is 10.0. The maximum atomic E-state index is 10.1. The first kappa shape index (κ1) is 19.9. The number of hydrogen-bond acceptors (Lipinski definition) is 4. The lowest BCUT2D eigenvalue weighted by Crippen LogP contribution is -2.39. The van der Waals surface area contributed by atoms with Crippen LogP contribution in [0.1, 0.15) is 90.9 Å². The highest BCUT2D eigenvalue weighted by atomic mass is 16.7. The van der Waals surface area contributed by atoms with Crippen LogP contribution in [-0.4, -0.2) is 35.0 Å².